The first-order valence-corrected chi connectivity index (χ1v) is 8.70. The van der Waals surface area contributed by atoms with Crippen LogP contribution < -0.4 is 4.74 Å². The minimum atomic E-state index is 0.125. The van der Waals surface area contributed by atoms with Crippen LogP contribution in [0.2, 0.25) is 0 Å². The second-order valence-electron chi connectivity index (χ2n) is 6.74. The third-order valence-electron chi connectivity index (χ3n) is 4.56. The molecule has 0 spiro atoms. The predicted octanol–water partition coefficient (Wildman–Crippen LogP) is 2.53. The molecule has 1 fully saturated rings. The van der Waals surface area contributed by atoms with Gasteiger partial charge in [0.15, 0.2) is 0 Å². The summed E-state index contributed by atoms with van der Waals surface area (Å²) in [5, 5.41) is 2.34. The van der Waals surface area contributed by atoms with Crippen molar-refractivity contribution in [2.24, 2.45) is 0 Å². The van der Waals surface area contributed by atoms with Crippen molar-refractivity contribution in [1.82, 2.24) is 9.80 Å². The molecule has 0 bridgehead atoms. The van der Waals surface area contributed by atoms with Gasteiger partial charge in [-0.3, -0.25) is 9.69 Å². The van der Waals surface area contributed by atoms with Crippen LogP contribution in [0.1, 0.15) is 12.5 Å². The number of hydrogen-bond donors (Lipinski definition) is 0. The normalized spacial score (nSPS) is 17.9. The topological polar surface area (TPSA) is 42.0 Å². The molecule has 0 aliphatic carbocycles. The van der Waals surface area contributed by atoms with Crippen LogP contribution in [0.15, 0.2) is 36.4 Å². The molecule has 25 heavy (non-hydrogen) atoms. The van der Waals surface area contributed by atoms with E-state index in [0.717, 1.165) is 17.7 Å². The van der Waals surface area contributed by atoms with Gasteiger partial charge in [0.05, 0.1) is 26.4 Å². The molecule has 1 saturated heterocycles. The van der Waals surface area contributed by atoms with E-state index in [9.17, 15) is 4.79 Å². The maximum absolute atomic E-state index is 12.4. The van der Waals surface area contributed by atoms with Crippen LogP contribution in [-0.4, -0.2) is 62.2 Å². The largest absolute Gasteiger partial charge is 0.497 e. The predicted molar refractivity (Wildman–Crippen MR) is 98.8 cm³/mol. The molecule has 1 aliphatic heterocycles. The molecule has 5 heteroatoms. The van der Waals surface area contributed by atoms with Gasteiger partial charge < -0.3 is 14.4 Å². The first-order valence-electron chi connectivity index (χ1n) is 8.70. The Morgan fingerprint density at radius 2 is 2.04 bits per heavy atom. The number of carbonyl (C=O) groups excluding carboxylic acids is 1. The second-order valence-corrected chi connectivity index (χ2v) is 6.74. The molecule has 0 unspecified atom stereocenters. The van der Waals surface area contributed by atoms with Gasteiger partial charge in [-0.25, -0.2) is 0 Å². The summed E-state index contributed by atoms with van der Waals surface area (Å²) in [6.45, 7) is 5.18. The summed E-state index contributed by atoms with van der Waals surface area (Å²) in [7, 11) is 3.66. The average Bonchev–Trinajstić information content (AvgIpc) is 2.61. The van der Waals surface area contributed by atoms with Gasteiger partial charge in [0.1, 0.15) is 5.75 Å². The molecule has 1 amide bonds. The number of amides is 1. The Morgan fingerprint density at radius 3 is 2.80 bits per heavy atom. The minimum absolute atomic E-state index is 0.125. The SMILES string of the molecule is COc1ccc2cc(CN(C)CC(=O)N3CCO[C@@H](C)C3)ccc2c1. The third-order valence-corrected chi connectivity index (χ3v) is 4.56. The highest BCUT2D eigenvalue weighted by Gasteiger charge is 2.22. The molecule has 0 saturated carbocycles. The summed E-state index contributed by atoms with van der Waals surface area (Å²) in [5.41, 5.74) is 1.20. The quantitative estimate of drug-likeness (QED) is 0.837. The molecule has 2 aromatic rings. The van der Waals surface area contributed by atoms with Crippen molar-refractivity contribution in [3.05, 3.63) is 42.0 Å². The zero-order chi connectivity index (χ0) is 17.8. The lowest BCUT2D eigenvalue weighted by atomic mass is 10.1. The molecule has 5 nitrogen and oxygen atoms in total. The number of morpholine rings is 1. The first kappa shape index (κ1) is 17.7. The Morgan fingerprint density at radius 1 is 1.28 bits per heavy atom. The summed E-state index contributed by atoms with van der Waals surface area (Å²) in [4.78, 5) is 16.4. The zero-order valence-corrected chi connectivity index (χ0v) is 15.2. The van der Waals surface area contributed by atoms with Crippen LogP contribution in [0, 0.1) is 0 Å². The molecule has 0 aromatic heterocycles. The zero-order valence-electron chi connectivity index (χ0n) is 15.2. The van der Waals surface area contributed by atoms with Gasteiger partial charge in [-0.05, 0) is 48.5 Å². The van der Waals surface area contributed by atoms with Gasteiger partial charge in [0, 0.05) is 19.6 Å². The summed E-state index contributed by atoms with van der Waals surface area (Å²) in [5.74, 6) is 1.03. The lowest BCUT2D eigenvalue weighted by Crippen LogP contribution is -2.47. The van der Waals surface area contributed by atoms with Gasteiger partial charge in [0.25, 0.3) is 0 Å². The lowest BCUT2D eigenvalue weighted by molar-refractivity contribution is -0.139. The molecule has 2 aromatic carbocycles. The van der Waals surface area contributed by atoms with Gasteiger partial charge in [-0.15, -0.1) is 0 Å². The summed E-state index contributed by atoms with van der Waals surface area (Å²) < 4.78 is 10.8. The number of benzene rings is 2. The molecular weight excluding hydrogens is 316 g/mol. The molecule has 0 radical (unpaired) electrons. The number of carbonyl (C=O) groups is 1. The van der Waals surface area contributed by atoms with Gasteiger partial charge in [-0.2, -0.15) is 0 Å². The van der Waals surface area contributed by atoms with Gasteiger partial charge >= 0.3 is 0 Å². The Bertz CT molecular complexity index is 747. The molecule has 0 N–H and O–H groups in total. The lowest BCUT2D eigenvalue weighted by Gasteiger charge is -2.32. The van der Waals surface area contributed by atoms with E-state index >= 15 is 0 Å². The smallest absolute Gasteiger partial charge is 0.236 e. The van der Waals surface area contributed by atoms with Crippen molar-refractivity contribution in [3.8, 4) is 5.75 Å². The Kier molecular flexibility index (Phi) is 5.56. The van der Waals surface area contributed by atoms with Crippen molar-refractivity contribution < 1.29 is 14.3 Å². The van der Waals surface area contributed by atoms with Crippen molar-refractivity contribution in [3.63, 3.8) is 0 Å². The molecule has 134 valence electrons. The van der Waals surface area contributed by atoms with Crippen LogP contribution in [0.4, 0.5) is 0 Å². The highest BCUT2D eigenvalue weighted by molar-refractivity contribution is 5.84. The van der Waals surface area contributed by atoms with Crippen LogP contribution in [0.5, 0.6) is 5.75 Å². The molecule has 1 aliphatic rings. The van der Waals surface area contributed by atoms with E-state index in [4.69, 9.17) is 9.47 Å². The maximum Gasteiger partial charge on any atom is 0.236 e. The number of likely N-dealkylation sites (N-methyl/N-ethyl adjacent to an activating group) is 1. The highest BCUT2D eigenvalue weighted by atomic mass is 16.5. The Hall–Kier alpha value is -2.11. The standard InChI is InChI=1S/C20H26N2O3/c1-15-12-22(8-9-25-15)20(23)14-21(2)13-16-4-5-18-11-19(24-3)7-6-17(18)10-16/h4-7,10-11,15H,8-9,12-14H2,1-3H3/t15-/m0/s1. The van der Waals surface area contributed by atoms with Crippen LogP contribution in [0.25, 0.3) is 10.8 Å². The number of nitrogens with zero attached hydrogens (tertiary/aromatic N) is 2. The van der Waals surface area contributed by atoms with E-state index in [1.807, 2.05) is 31.0 Å². The molecule has 1 heterocycles. The fraction of sp³-hybridized carbons (Fsp3) is 0.450. The Labute approximate surface area is 149 Å². The number of fused-ring (bicyclic) bond motifs is 1. The summed E-state index contributed by atoms with van der Waals surface area (Å²) in [6.07, 6.45) is 0.125. The van der Waals surface area contributed by atoms with E-state index in [-0.39, 0.29) is 12.0 Å². The fourth-order valence-electron chi connectivity index (χ4n) is 3.24. The van der Waals surface area contributed by atoms with E-state index in [1.54, 1.807) is 7.11 Å². The number of hydrogen-bond acceptors (Lipinski definition) is 4. The average molecular weight is 342 g/mol. The van der Waals surface area contributed by atoms with Crippen molar-refractivity contribution in [2.75, 3.05) is 40.4 Å². The Balaban J connectivity index is 1.61. The molecule has 3 rings (SSSR count). The van der Waals surface area contributed by atoms with Gasteiger partial charge in [-0.1, -0.05) is 18.2 Å². The highest BCUT2D eigenvalue weighted by Crippen LogP contribution is 2.22. The van der Waals surface area contributed by atoms with E-state index in [2.05, 4.69) is 29.2 Å². The van der Waals surface area contributed by atoms with Crippen molar-refractivity contribution in [2.45, 2.75) is 19.6 Å². The van der Waals surface area contributed by atoms with E-state index in [1.165, 1.54) is 10.9 Å². The summed E-state index contributed by atoms with van der Waals surface area (Å²) in [6, 6.07) is 12.5. The monoisotopic (exact) mass is 342 g/mol. The minimum Gasteiger partial charge on any atom is -0.497 e. The molecule has 1 atom stereocenters. The molecular formula is C20H26N2O3. The van der Waals surface area contributed by atoms with Gasteiger partial charge in [0.2, 0.25) is 5.91 Å². The van der Waals surface area contributed by atoms with E-state index < -0.39 is 0 Å². The van der Waals surface area contributed by atoms with Crippen LogP contribution in [0.3, 0.4) is 0 Å². The van der Waals surface area contributed by atoms with Crippen LogP contribution in [-0.2, 0) is 16.1 Å². The van der Waals surface area contributed by atoms with Crippen LogP contribution >= 0.6 is 0 Å². The third kappa shape index (κ3) is 4.50. The maximum atomic E-state index is 12.4. The van der Waals surface area contributed by atoms with Crippen molar-refractivity contribution in [1.29, 1.82) is 0 Å². The number of rotatable bonds is 5. The fourth-order valence-corrected chi connectivity index (χ4v) is 3.24. The van der Waals surface area contributed by atoms with E-state index in [0.29, 0.717) is 26.2 Å². The summed E-state index contributed by atoms with van der Waals surface area (Å²) >= 11 is 0. The van der Waals surface area contributed by atoms with Crippen molar-refractivity contribution >= 4 is 16.7 Å². The first-order chi connectivity index (χ1) is 12.0. The number of methoxy groups -OCH3 is 1. The number of ether oxygens (including phenoxy) is 2. The second kappa shape index (κ2) is 7.85.